The van der Waals surface area contributed by atoms with E-state index in [4.69, 9.17) is 4.74 Å². The standard InChI is InChI=1S/C22H33N5O/c1-22(2,3)28-19-12-6-5-11-18(19)17-27-21(23-4)26-16-10-9-15-25-20-13-7-8-14-24-20/h5-8,11-14H,9-10,15-17H2,1-4H3,(H,24,25)(H2,23,26,27). The van der Waals surface area contributed by atoms with E-state index in [0.717, 1.165) is 49.0 Å². The average Bonchev–Trinajstić information content (AvgIpc) is 2.67. The Bertz CT molecular complexity index is 725. The normalized spacial score (nSPS) is 11.8. The Morgan fingerprint density at radius 1 is 1.00 bits per heavy atom. The lowest BCUT2D eigenvalue weighted by Crippen LogP contribution is -2.37. The molecule has 0 saturated heterocycles. The third-order valence-electron chi connectivity index (χ3n) is 3.93. The molecule has 0 amide bonds. The van der Waals surface area contributed by atoms with Crippen molar-refractivity contribution in [2.24, 2.45) is 4.99 Å². The third kappa shape index (κ3) is 8.29. The van der Waals surface area contributed by atoms with Gasteiger partial charge in [0.05, 0.1) is 0 Å². The molecule has 0 aliphatic carbocycles. The van der Waals surface area contributed by atoms with Gasteiger partial charge in [-0.05, 0) is 51.8 Å². The Balaban J connectivity index is 1.69. The first-order valence-corrected chi connectivity index (χ1v) is 9.84. The molecule has 0 aliphatic rings. The Morgan fingerprint density at radius 2 is 1.75 bits per heavy atom. The fourth-order valence-corrected chi connectivity index (χ4v) is 2.62. The predicted molar refractivity (Wildman–Crippen MR) is 117 cm³/mol. The quantitative estimate of drug-likeness (QED) is 0.349. The topological polar surface area (TPSA) is 70.6 Å². The van der Waals surface area contributed by atoms with Crippen LogP contribution in [0.3, 0.4) is 0 Å². The maximum atomic E-state index is 6.05. The number of para-hydroxylation sites is 1. The fourth-order valence-electron chi connectivity index (χ4n) is 2.62. The number of hydrogen-bond acceptors (Lipinski definition) is 4. The van der Waals surface area contributed by atoms with Gasteiger partial charge in [-0.2, -0.15) is 0 Å². The van der Waals surface area contributed by atoms with Gasteiger partial charge in [0.25, 0.3) is 0 Å². The van der Waals surface area contributed by atoms with E-state index in [1.54, 1.807) is 13.2 Å². The lowest BCUT2D eigenvalue weighted by atomic mass is 10.1. The van der Waals surface area contributed by atoms with E-state index in [1.165, 1.54) is 0 Å². The van der Waals surface area contributed by atoms with Crippen LogP contribution in [0.4, 0.5) is 5.82 Å². The highest BCUT2D eigenvalue weighted by Gasteiger charge is 2.14. The van der Waals surface area contributed by atoms with E-state index in [-0.39, 0.29) is 5.60 Å². The van der Waals surface area contributed by atoms with Gasteiger partial charge in [0, 0.05) is 38.4 Å². The van der Waals surface area contributed by atoms with E-state index < -0.39 is 0 Å². The molecule has 1 heterocycles. The maximum absolute atomic E-state index is 6.05. The van der Waals surface area contributed by atoms with Crippen LogP contribution in [0.5, 0.6) is 5.75 Å². The molecule has 2 rings (SSSR count). The van der Waals surface area contributed by atoms with Crippen molar-refractivity contribution in [3.05, 3.63) is 54.2 Å². The van der Waals surface area contributed by atoms with Crippen LogP contribution >= 0.6 is 0 Å². The summed E-state index contributed by atoms with van der Waals surface area (Å²) in [5.74, 6) is 2.62. The molecule has 3 N–H and O–H groups in total. The van der Waals surface area contributed by atoms with Crippen molar-refractivity contribution in [1.29, 1.82) is 0 Å². The molecule has 2 aromatic rings. The number of anilines is 1. The molecule has 1 aromatic carbocycles. The lowest BCUT2D eigenvalue weighted by molar-refractivity contribution is 0.129. The van der Waals surface area contributed by atoms with Crippen LogP contribution < -0.4 is 20.7 Å². The maximum Gasteiger partial charge on any atom is 0.191 e. The minimum Gasteiger partial charge on any atom is -0.488 e. The highest BCUT2D eigenvalue weighted by molar-refractivity contribution is 5.79. The molecule has 0 saturated carbocycles. The zero-order valence-electron chi connectivity index (χ0n) is 17.5. The highest BCUT2D eigenvalue weighted by atomic mass is 16.5. The van der Waals surface area contributed by atoms with Gasteiger partial charge < -0.3 is 20.7 Å². The predicted octanol–water partition coefficient (Wildman–Crippen LogP) is 3.82. The van der Waals surface area contributed by atoms with Crippen LogP contribution in [-0.4, -0.2) is 36.7 Å². The molecule has 0 unspecified atom stereocenters. The second-order valence-electron chi connectivity index (χ2n) is 7.52. The number of benzene rings is 1. The molecule has 152 valence electrons. The number of rotatable bonds is 9. The molecule has 28 heavy (non-hydrogen) atoms. The minimum atomic E-state index is -0.223. The number of hydrogen-bond donors (Lipinski definition) is 3. The van der Waals surface area contributed by atoms with E-state index in [0.29, 0.717) is 6.54 Å². The average molecular weight is 384 g/mol. The molecule has 0 radical (unpaired) electrons. The summed E-state index contributed by atoms with van der Waals surface area (Å²) in [6, 6.07) is 14.0. The smallest absolute Gasteiger partial charge is 0.191 e. The molecular formula is C22H33N5O. The van der Waals surface area contributed by atoms with Crippen molar-refractivity contribution in [2.75, 3.05) is 25.5 Å². The SMILES string of the molecule is CN=C(NCCCCNc1ccccn1)NCc1ccccc1OC(C)(C)C. The van der Waals surface area contributed by atoms with Crippen molar-refractivity contribution in [2.45, 2.75) is 45.8 Å². The number of nitrogens with one attached hydrogen (secondary N) is 3. The summed E-state index contributed by atoms with van der Waals surface area (Å²) in [6.45, 7) is 8.60. The summed E-state index contributed by atoms with van der Waals surface area (Å²) in [5.41, 5.74) is 0.888. The van der Waals surface area contributed by atoms with Crippen LogP contribution in [0, 0.1) is 0 Å². The lowest BCUT2D eigenvalue weighted by Gasteiger charge is -2.23. The van der Waals surface area contributed by atoms with Crippen LogP contribution in [0.15, 0.2) is 53.7 Å². The number of aliphatic imine (C=N–C) groups is 1. The van der Waals surface area contributed by atoms with Crippen LogP contribution in [0.25, 0.3) is 0 Å². The summed E-state index contributed by atoms with van der Waals surface area (Å²) in [5, 5.41) is 10.0. The monoisotopic (exact) mass is 383 g/mol. The summed E-state index contributed by atoms with van der Waals surface area (Å²) in [4.78, 5) is 8.55. The first kappa shape index (κ1) is 21.5. The number of pyridine rings is 1. The number of ether oxygens (including phenoxy) is 1. The van der Waals surface area contributed by atoms with Gasteiger partial charge in [-0.3, -0.25) is 4.99 Å². The first-order valence-electron chi connectivity index (χ1n) is 9.84. The van der Waals surface area contributed by atoms with Crippen molar-refractivity contribution >= 4 is 11.8 Å². The van der Waals surface area contributed by atoms with Gasteiger partial charge in [-0.15, -0.1) is 0 Å². The molecule has 0 spiro atoms. The summed E-state index contributed by atoms with van der Waals surface area (Å²) in [6.07, 6.45) is 3.90. The van der Waals surface area contributed by atoms with E-state index in [9.17, 15) is 0 Å². The molecular weight excluding hydrogens is 350 g/mol. The first-order chi connectivity index (χ1) is 13.5. The van der Waals surface area contributed by atoms with Crippen LogP contribution in [0.1, 0.15) is 39.2 Å². The molecule has 1 aromatic heterocycles. The van der Waals surface area contributed by atoms with Crippen molar-refractivity contribution in [1.82, 2.24) is 15.6 Å². The molecule has 0 bridgehead atoms. The van der Waals surface area contributed by atoms with Gasteiger partial charge in [0.2, 0.25) is 0 Å². The minimum absolute atomic E-state index is 0.223. The van der Waals surface area contributed by atoms with E-state index >= 15 is 0 Å². The number of unbranched alkanes of at least 4 members (excludes halogenated alkanes) is 1. The fraction of sp³-hybridized carbons (Fsp3) is 0.455. The van der Waals surface area contributed by atoms with Crippen LogP contribution in [0.2, 0.25) is 0 Å². The number of aromatic nitrogens is 1. The molecule has 0 fully saturated rings. The van der Waals surface area contributed by atoms with Crippen molar-refractivity contribution in [3.63, 3.8) is 0 Å². The summed E-state index contributed by atoms with van der Waals surface area (Å²) >= 11 is 0. The van der Waals surface area contributed by atoms with Gasteiger partial charge >= 0.3 is 0 Å². The molecule has 0 aliphatic heterocycles. The van der Waals surface area contributed by atoms with E-state index in [1.807, 2.05) is 36.4 Å². The molecule has 6 nitrogen and oxygen atoms in total. The van der Waals surface area contributed by atoms with Gasteiger partial charge in [0.1, 0.15) is 17.2 Å². The highest BCUT2D eigenvalue weighted by Crippen LogP contribution is 2.22. The zero-order chi connectivity index (χ0) is 20.2. The molecule has 6 heteroatoms. The van der Waals surface area contributed by atoms with Crippen LogP contribution in [-0.2, 0) is 6.54 Å². The Hall–Kier alpha value is -2.76. The Morgan fingerprint density at radius 3 is 2.46 bits per heavy atom. The second kappa shape index (κ2) is 11.2. The van der Waals surface area contributed by atoms with Crippen molar-refractivity contribution in [3.8, 4) is 5.75 Å². The summed E-state index contributed by atoms with van der Waals surface area (Å²) < 4.78 is 6.05. The second-order valence-corrected chi connectivity index (χ2v) is 7.52. The zero-order valence-corrected chi connectivity index (χ0v) is 17.5. The van der Waals surface area contributed by atoms with Gasteiger partial charge in [-0.1, -0.05) is 24.3 Å². The number of nitrogens with zero attached hydrogens (tertiary/aromatic N) is 2. The Kier molecular flexibility index (Phi) is 8.59. The van der Waals surface area contributed by atoms with E-state index in [2.05, 4.69) is 52.8 Å². The number of guanidine groups is 1. The largest absolute Gasteiger partial charge is 0.488 e. The third-order valence-corrected chi connectivity index (χ3v) is 3.93. The van der Waals surface area contributed by atoms with Crippen molar-refractivity contribution < 1.29 is 4.74 Å². The van der Waals surface area contributed by atoms with Gasteiger partial charge in [0.15, 0.2) is 5.96 Å². The molecule has 0 atom stereocenters. The summed E-state index contributed by atoms with van der Waals surface area (Å²) in [7, 11) is 1.79. The van der Waals surface area contributed by atoms with Gasteiger partial charge in [-0.25, -0.2) is 4.98 Å². The Labute approximate surface area is 168 Å².